The molecule has 0 spiro atoms. The zero-order valence-electron chi connectivity index (χ0n) is 9.04. The van der Waals surface area contributed by atoms with Gasteiger partial charge in [0.1, 0.15) is 0 Å². The summed E-state index contributed by atoms with van der Waals surface area (Å²) in [4.78, 5) is 21.6. The van der Waals surface area contributed by atoms with Crippen molar-refractivity contribution in [3.63, 3.8) is 0 Å². The van der Waals surface area contributed by atoms with Gasteiger partial charge in [-0.3, -0.25) is 0 Å². The molecule has 4 N–H and O–H groups in total. The molecule has 0 aromatic heterocycles. The number of anilines is 1. The van der Waals surface area contributed by atoms with Gasteiger partial charge in [-0.2, -0.15) is 0 Å². The van der Waals surface area contributed by atoms with Crippen molar-refractivity contribution >= 4 is 23.2 Å². The minimum Gasteiger partial charge on any atom is -0.478 e. The summed E-state index contributed by atoms with van der Waals surface area (Å²) in [5, 5.41) is 17.6. The Morgan fingerprint density at radius 1 is 1.22 bits per heavy atom. The number of carboxylic acid groups (broad SMARTS) is 2. The first kappa shape index (κ1) is 11.8. The molecule has 0 fully saturated rings. The van der Waals surface area contributed by atoms with Crippen LogP contribution in [0.15, 0.2) is 18.2 Å². The lowest BCUT2D eigenvalue weighted by Crippen LogP contribution is -2.05. The van der Waals surface area contributed by atoms with E-state index in [0.29, 0.717) is 17.6 Å². The van der Waals surface area contributed by atoms with Crippen molar-refractivity contribution in [1.29, 1.82) is 0 Å². The number of hydrogen-bond donors (Lipinski definition) is 3. The first-order valence-corrected chi connectivity index (χ1v) is 4.86. The SMILES string of the molecule is Nc1cc2c(cc1C(=CC(=O)O)C(=O)O)OCO2. The number of carbonyl (C=O) groups is 2. The maximum atomic E-state index is 11.0. The number of hydrogen-bond acceptors (Lipinski definition) is 5. The van der Waals surface area contributed by atoms with Crippen molar-refractivity contribution in [3.05, 3.63) is 23.8 Å². The fraction of sp³-hybridized carbons (Fsp3) is 0.0909. The molecule has 0 saturated heterocycles. The van der Waals surface area contributed by atoms with Gasteiger partial charge in [0, 0.05) is 23.4 Å². The van der Waals surface area contributed by atoms with Crippen LogP contribution in [-0.4, -0.2) is 28.9 Å². The van der Waals surface area contributed by atoms with Crippen LogP contribution in [0.4, 0.5) is 5.69 Å². The highest BCUT2D eigenvalue weighted by atomic mass is 16.7. The Labute approximate surface area is 101 Å². The highest BCUT2D eigenvalue weighted by molar-refractivity contribution is 6.20. The molecule has 0 amide bonds. The summed E-state index contributed by atoms with van der Waals surface area (Å²) in [6, 6.07) is 2.75. The van der Waals surface area contributed by atoms with Gasteiger partial charge in [0.25, 0.3) is 0 Å². The van der Waals surface area contributed by atoms with Gasteiger partial charge in [-0.05, 0) is 6.07 Å². The number of nitrogen functional groups attached to an aromatic ring is 1. The average molecular weight is 251 g/mol. The number of aliphatic carboxylic acids is 2. The van der Waals surface area contributed by atoms with E-state index in [0.717, 1.165) is 0 Å². The molecule has 0 unspecified atom stereocenters. The van der Waals surface area contributed by atoms with Crippen molar-refractivity contribution in [2.24, 2.45) is 0 Å². The number of benzene rings is 1. The van der Waals surface area contributed by atoms with E-state index < -0.39 is 17.5 Å². The molecule has 0 aliphatic carbocycles. The summed E-state index contributed by atoms with van der Waals surface area (Å²) in [6.45, 7) is 0.0171. The van der Waals surface area contributed by atoms with Crippen LogP contribution in [0.5, 0.6) is 11.5 Å². The van der Waals surface area contributed by atoms with Crippen molar-refractivity contribution in [3.8, 4) is 11.5 Å². The van der Waals surface area contributed by atoms with Crippen molar-refractivity contribution in [2.45, 2.75) is 0 Å². The van der Waals surface area contributed by atoms with Gasteiger partial charge < -0.3 is 25.4 Å². The van der Waals surface area contributed by atoms with Crippen LogP contribution in [0.25, 0.3) is 5.57 Å². The normalized spacial score (nSPS) is 13.4. The topological polar surface area (TPSA) is 119 Å². The fourth-order valence-corrected chi connectivity index (χ4v) is 1.57. The summed E-state index contributed by atoms with van der Waals surface area (Å²) in [5.41, 5.74) is 5.44. The van der Waals surface area contributed by atoms with Crippen LogP contribution in [0.1, 0.15) is 5.56 Å². The molecule has 0 saturated carbocycles. The summed E-state index contributed by atoms with van der Waals surface area (Å²) in [5.74, 6) is -2.03. The summed E-state index contributed by atoms with van der Waals surface area (Å²) in [7, 11) is 0. The van der Waals surface area contributed by atoms with Gasteiger partial charge in [0.2, 0.25) is 6.79 Å². The number of nitrogens with two attached hydrogens (primary N) is 1. The van der Waals surface area contributed by atoms with Crippen LogP contribution in [0.3, 0.4) is 0 Å². The maximum Gasteiger partial charge on any atom is 0.336 e. The third-order valence-electron chi connectivity index (χ3n) is 2.33. The second-order valence-corrected chi connectivity index (χ2v) is 3.49. The smallest absolute Gasteiger partial charge is 0.336 e. The van der Waals surface area contributed by atoms with E-state index in [2.05, 4.69) is 0 Å². The van der Waals surface area contributed by atoms with Crippen LogP contribution in [0.2, 0.25) is 0 Å². The predicted molar refractivity (Wildman–Crippen MR) is 60.2 cm³/mol. The van der Waals surface area contributed by atoms with Gasteiger partial charge in [0.15, 0.2) is 11.5 Å². The average Bonchev–Trinajstić information content (AvgIpc) is 2.71. The van der Waals surface area contributed by atoms with Crippen LogP contribution >= 0.6 is 0 Å². The second kappa shape index (κ2) is 4.28. The zero-order chi connectivity index (χ0) is 13.3. The van der Waals surface area contributed by atoms with Gasteiger partial charge in [-0.25, -0.2) is 9.59 Å². The van der Waals surface area contributed by atoms with Gasteiger partial charge in [-0.1, -0.05) is 0 Å². The lowest BCUT2D eigenvalue weighted by molar-refractivity contribution is -0.133. The number of rotatable bonds is 3. The van der Waals surface area contributed by atoms with Gasteiger partial charge in [-0.15, -0.1) is 0 Å². The fourth-order valence-electron chi connectivity index (χ4n) is 1.57. The largest absolute Gasteiger partial charge is 0.478 e. The first-order valence-electron chi connectivity index (χ1n) is 4.86. The van der Waals surface area contributed by atoms with E-state index in [1.54, 1.807) is 0 Å². The minimum atomic E-state index is -1.39. The van der Waals surface area contributed by atoms with Gasteiger partial charge >= 0.3 is 11.9 Å². The molecule has 1 aromatic rings. The van der Waals surface area contributed by atoms with E-state index in [4.69, 9.17) is 25.4 Å². The maximum absolute atomic E-state index is 11.0. The molecule has 2 rings (SSSR count). The lowest BCUT2D eigenvalue weighted by atomic mass is 10.0. The lowest BCUT2D eigenvalue weighted by Gasteiger charge is -2.07. The molecular weight excluding hydrogens is 242 g/mol. The highest BCUT2D eigenvalue weighted by Crippen LogP contribution is 2.38. The quantitative estimate of drug-likeness (QED) is 0.530. The van der Waals surface area contributed by atoms with E-state index in [9.17, 15) is 9.59 Å². The first-order chi connectivity index (χ1) is 8.49. The number of ether oxygens (including phenoxy) is 2. The Bertz CT molecular complexity index is 563. The zero-order valence-corrected chi connectivity index (χ0v) is 9.04. The second-order valence-electron chi connectivity index (χ2n) is 3.49. The van der Waals surface area contributed by atoms with Gasteiger partial charge in [0.05, 0.1) is 5.57 Å². The Balaban J connectivity index is 2.55. The third-order valence-corrected chi connectivity index (χ3v) is 2.33. The molecular formula is C11H9NO6. The molecule has 7 nitrogen and oxygen atoms in total. The Morgan fingerprint density at radius 3 is 2.39 bits per heavy atom. The highest BCUT2D eigenvalue weighted by Gasteiger charge is 2.21. The molecule has 1 aromatic carbocycles. The molecule has 1 aliphatic rings. The Hall–Kier alpha value is -2.70. The van der Waals surface area contributed by atoms with Crippen LogP contribution in [-0.2, 0) is 9.59 Å². The van der Waals surface area contributed by atoms with E-state index >= 15 is 0 Å². The molecule has 94 valence electrons. The number of carboxylic acids is 2. The van der Waals surface area contributed by atoms with E-state index in [-0.39, 0.29) is 18.0 Å². The predicted octanol–water partition coefficient (Wildman–Crippen LogP) is 0.550. The summed E-state index contributed by atoms with van der Waals surface area (Å²) in [6.07, 6.45) is 0.580. The van der Waals surface area contributed by atoms with E-state index in [1.807, 2.05) is 0 Å². The molecule has 0 radical (unpaired) electrons. The van der Waals surface area contributed by atoms with Crippen molar-refractivity contribution in [1.82, 2.24) is 0 Å². The standard InChI is InChI=1S/C11H9NO6/c12-7-3-9-8(17-4-18-9)1-5(7)6(11(15)16)2-10(13)14/h1-3H,4,12H2,(H,13,14)(H,15,16). The van der Waals surface area contributed by atoms with E-state index in [1.165, 1.54) is 12.1 Å². The molecule has 0 atom stereocenters. The van der Waals surface area contributed by atoms with Crippen LogP contribution < -0.4 is 15.2 Å². The Morgan fingerprint density at radius 2 is 1.83 bits per heavy atom. The van der Waals surface area contributed by atoms with Crippen LogP contribution in [0, 0.1) is 0 Å². The molecule has 1 aliphatic heterocycles. The molecule has 0 bridgehead atoms. The van der Waals surface area contributed by atoms with Crippen molar-refractivity contribution in [2.75, 3.05) is 12.5 Å². The molecule has 7 heteroatoms. The number of fused-ring (bicyclic) bond motifs is 1. The molecule has 18 heavy (non-hydrogen) atoms. The summed E-state index contributed by atoms with van der Waals surface area (Å²) >= 11 is 0. The summed E-state index contributed by atoms with van der Waals surface area (Å²) < 4.78 is 10.2. The molecule has 1 heterocycles. The van der Waals surface area contributed by atoms with Crippen molar-refractivity contribution < 1.29 is 29.3 Å². The minimum absolute atomic E-state index is 0.0171. The monoisotopic (exact) mass is 251 g/mol. The third kappa shape index (κ3) is 2.05. The Kier molecular flexibility index (Phi) is 2.80.